The van der Waals surface area contributed by atoms with Crippen LogP contribution in [0.5, 0.6) is 0 Å². The van der Waals surface area contributed by atoms with Crippen LogP contribution in [0.2, 0.25) is 0 Å². The molecule has 0 aliphatic carbocycles. The largest absolute Gasteiger partial charge is 0.385 e. The molecule has 2 aliphatic rings. The van der Waals surface area contributed by atoms with Crippen molar-refractivity contribution in [2.24, 2.45) is 0 Å². The number of aliphatic hydroxyl groups is 1. The lowest BCUT2D eigenvalue weighted by Crippen LogP contribution is -2.38. The highest BCUT2D eigenvalue weighted by Crippen LogP contribution is 2.44. The van der Waals surface area contributed by atoms with Gasteiger partial charge in [0.05, 0.1) is 17.8 Å². The highest BCUT2D eigenvalue weighted by atomic mass is 16.5. The Bertz CT molecular complexity index is 613. The third-order valence-electron chi connectivity index (χ3n) is 4.50. The van der Waals surface area contributed by atoms with E-state index in [1.807, 2.05) is 24.4 Å². The zero-order chi connectivity index (χ0) is 12.9. The first-order chi connectivity index (χ1) is 9.23. The van der Waals surface area contributed by atoms with Crippen LogP contribution >= 0.6 is 0 Å². The number of pyridine rings is 1. The van der Waals surface area contributed by atoms with Gasteiger partial charge in [-0.1, -0.05) is 12.1 Å². The maximum absolute atomic E-state index is 11.0. The van der Waals surface area contributed by atoms with Crippen LogP contribution in [0.4, 0.5) is 0 Å². The van der Waals surface area contributed by atoms with Gasteiger partial charge in [0.25, 0.3) is 0 Å². The van der Waals surface area contributed by atoms with Gasteiger partial charge in [0, 0.05) is 30.6 Å². The van der Waals surface area contributed by atoms with Crippen molar-refractivity contribution in [3.05, 3.63) is 42.2 Å². The van der Waals surface area contributed by atoms with Crippen LogP contribution in [0.3, 0.4) is 0 Å². The summed E-state index contributed by atoms with van der Waals surface area (Å²) in [5, 5.41) is 13.2. The van der Waals surface area contributed by atoms with Crippen molar-refractivity contribution in [1.29, 1.82) is 0 Å². The highest BCUT2D eigenvalue weighted by molar-refractivity contribution is 5.82. The van der Waals surface area contributed by atoms with Crippen LogP contribution in [0.15, 0.2) is 36.7 Å². The molecule has 2 bridgehead atoms. The van der Waals surface area contributed by atoms with Crippen LogP contribution in [0, 0.1) is 0 Å². The number of benzene rings is 1. The molecule has 2 fully saturated rings. The number of nitrogens with zero attached hydrogens (tertiary/aromatic N) is 1. The molecule has 3 heteroatoms. The standard InChI is InChI=1S/C16H17NO2/c18-16(8-14-3-4-15(9-16)19-14)13-2-1-12-10-17-6-5-11(12)7-13/h1-2,5-7,10,14-15,18H,3-4,8-9H2. The first-order valence-corrected chi connectivity index (χ1v) is 6.95. The maximum Gasteiger partial charge on any atom is 0.0946 e. The minimum atomic E-state index is -0.721. The molecule has 3 nitrogen and oxygen atoms in total. The summed E-state index contributed by atoms with van der Waals surface area (Å²) in [6, 6.07) is 8.18. The second-order valence-electron chi connectivity index (χ2n) is 5.83. The van der Waals surface area contributed by atoms with Crippen molar-refractivity contribution in [3.63, 3.8) is 0 Å². The van der Waals surface area contributed by atoms with Crippen molar-refractivity contribution in [2.45, 2.75) is 43.5 Å². The van der Waals surface area contributed by atoms with Crippen molar-refractivity contribution in [3.8, 4) is 0 Å². The lowest BCUT2D eigenvalue weighted by Gasteiger charge is -2.37. The number of hydrogen-bond donors (Lipinski definition) is 1. The molecule has 0 saturated carbocycles. The van der Waals surface area contributed by atoms with Gasteiger partial charge < -0.3 is 9.84 Å². The topological polar surface area (TPSA) is 42.4 Å². The third kappa shape index (κ3) is 1.85. The zero-order valence-electron chi connectivity index (χ0n) is 10.7. The van der Waals surface area contributed by atoms with Gasteiger partial charge in [-0.3, -0.25) is 4.98 Å². The lowest BCUT2D eigenvalue weighted by atomic mass is 9.83. The molecule has 0 spiro atoms. The molecule has 4 rings (SSSR count). The quantitative estimate of drug-likeness (QED) is 0.852. The second-order valence-corrected chi connectivity index (χ2v) is 5.83. The molecule has 3 heterocycles. The molecule has 2 saturated heterocycles. The van der Waals surface area contributed by atoms with E-state index in [-0.39, 0.29) is 12.2 Å². The SMILES string of the molecule is OC1(c2ccc3cnccc3c2)CC2CCC(C1)O2. The Morgan fingerprint density at radius 3 is 2.68 bits per heavy atom. The van der Waals surface area contributed by atoms with Gasteiger partial charge >= 0.3 is 0 Å². The summed E-state index contributed by atoms with van der Waals surface area (Å²) in [6.07, 6.45) is 7.74. The molecule has 19 heavy (non-hydrogen) atoms. The molecule has 1 N–H and O–H groups in total. The van der Waals surface area contributed by atoms with E-state index in [0.717, 1.165) is 42.0 Å². The molecule has 0 radical (unpaired) electrons. The fraction of sp³-hybridized carbons (Fsp3) is 0.438. The Balaban J connectivity index is 1.76. The average molecular weight is 255 g/mol. The van der Waals surface area contributed by atoms with Crippen LogP contribution in [0.25, 0.3) is 10.8 Å². The van der Waals surface area contributed by atoms with Gasteiger partial charge in [-0.2, -0.15) is 0 Å². The normalized spacial score (nSPS) is 33.7. The molecular formula is C16H17NO2. The Labute approximate surface area is 112 Å². The molecule has 2 aromatic rings. The van der Waals surface area contributed by atoms with Gasteiger partial charge in [-0.25, -0.2) is 0 Å². The Morgan fingerprint density at radius 1 is 1.11 bits per heavy atom. The Morgan fingerprint density at radius 2 is 1.89 bits per heavy atom. The van der Waals surface area contributed by atoms with Crippen molar-refractivity contribution < 1.29 is 9.84 Å². The van der Waals surface area contributed by atoms with Gasteiger partial charge in [-0.15, -0.1) is 0 Å². The molecule has 1 aromatic carbocycles. The monoisotopic (exact) mass is 255 g/mol. The van der Waals surface area contributed by atoms with Gasteiger partial charge in [0.2, 0.25) is 0 Å². The summed E-state index contributed by atoms with van der Waals surface area (Å²) in [4.78, 5) is 4.12. The van der Waals surface area contributed by atoms with Gasteiger partial charge in [-0.05, 0) is 35.9 Å². The molecule has 2 atom stereocenters. The van der Waals surface area contributed by atoms with E-state index < -0.39 is 5.60 Å². The summed E-state index contributed by atoms with van der Waals surface area (Å²) >= 11 is 0. The highest BCUT2D eigenvalue weighted by Gasteiger charge is 2.44. The minimum absolute atomic E-state index is 0.233. The number of fused-ring (bicyclic) bond motifs is 3. The summed E-state index contributed by atoms with van der Waals surface area (Å²) in [6.45, 7) is 0. The van der Waals surface area contributed by atoms with Crippen LogP contribution in [-0.4, -0.2) is 22.3 Å². The fourth-order valence-electron chi connectivity index (χ4n) is 3.53. The van der Waals surface area contributed by atoms with Gasteiger partial charge in [0.15, 0.2) is 0 Å². The summed E-state index contributed by atoms with van der Waals surface area (Å²) in [7, 11) is 0. The molecule has 2 unspecified atom stereocenters. The van der Waals surface area contributed by atoms with E-state index in [4.69, 9.17) is 4.74 Å². The first kappa shape index (κ1) is 11.4. The van der Waals surface area contributed by atoms with Crippen molar-refractivity contribution in [1.82, 2.24) is 4.98 Å². The third-order valence-corrected chi connectivity index (χ3v) is 4.50. The van der Waals surface area contributed by atoms with E-state index in [1.165, 1.54) is 0 Å². The number of rotatable bonds is 1. The number of aromatic nitrogens is 1. The molecule has 98 valence electrons. The fourth-order valence-corrected chi connectivity index (χ4v) is 3.53. The van der Waals surface area contributed by atoms with E-state index in [9.17, 15) is 5.11 Å². The smallest absolute Gasteiger partial charge is 0.0946 e. The predicted octanol–water partition coefficient (Wildman–Crippen LogP) is 2.76. The van der Waals surface area contributed by atoms with E-state index in [1.54, 1.807) is 6.20 Å². The van der Waals surface area contributed by atoms with Gasteiger partial charge in [0.1, 0.15) is 0 Å². The summed E-state index contributed by atoms with van der Waals surface area (Å²) in [5.41, 5.74) is 0.299. The number of hydrogen-bond acceptors (Lipinski definition) is 3. The van der Waals surface area contributed by atoms with Crippen molar-refractivity contribution >= 4 is 10.8 Å². The molecule has 2 aliphatic heterocycles. The lowest BCUT2D eigenvalue weighted by molar-refractivity contribution is -0.115. The molecule has 0 amide bonds. The van der Waals surface area contributed by atoms with Crippen LogP contribution in [-0.2, 0) is 10.3 Å². The van der Waals surface area contributed by atoms with Crippen molar-refractivity contribution in [2.75, 3.05) is 0 Å². The zero-order valence-corrected chi connectivity index (χ0v) is 10.7. The predicted molar refractivity (Wildman–Crippen MR) is 72.8 cm³/mol. The number of ether oxygens (including phenoxy) is 1. The van der Waals surface area contributed by atoms with E-state index in [0.29, 0.717) is 0 Å². The molecular weight excluding hydrogens is 238 g/mol. The molecule has 1 aromatic heterocycles. The second kappa shape index (κ2) is 4.02. The minimum Gasteiger partial charge on any atom is -0.385 e. The Kier molecular flexibility index (Phi) is 2.41. The van der Waals surface area contributed by atoms with E-state index >= 15 is 0 Å². The summed E-state index contributed by atoms with van der Waals surface area (Å²) < 4.78 is 5.83. The van der Waals surface area contributed by atoms with Crippen LogP contribution in [0.1, 0.15) is 31.2 Å². The maximum atomic E-state index is 11.0. The first-order valence-electron chi connectivity index (χ1n) is 6.95. The van der Waals surface area contributed by atoms with Crippen LogP contribution < -0.4 is 0 Å². The Hall–Kier alpha value is -1.45. The van der Waals surface area contributed by atoms with E-state index in [2.05, 4.69) is 11.1 Å². The summed E-state index contributed by atoms with van der Waals surface area (Å²) in [5.74, 6) is 0. The average Bonchev–Trinajstić information content (AvgIpc) is 2.78.